The van der Waals surface area contributed by atoms with Crippen molar-refractivity contribution in [2.24, 2.45) is 0 Å². The maximum atomic E-state index is 13.1. The Morgan fingerprint density at radius 2 is 1.53 bits per heavy atom. The van der Waals surface area contributed by atoms with Crippen molar-refractivity contribution in [3.8, 4) is 0 Å². The van der Waals surface area contributed by atoms with Crippen molar-refractivity contribution in [2.75, 3.05) is 0 Å². The Morgan fingerprint density at radius 1 is 0.947 bits per heavy atom. The quantitative estimate of drug-likeness (QED) is 0.636. The van der Waals surface area contributed by atoms with Gasteiger partial charge in [0.1, 0.15) is 5.82 Å². The third-order valence-corrected chi connectivity index (χ3v) is 4.30. The van der Waals surface area contributed by atoms with Crippen LogP contribution in [0.5, 0.6) is 0 Å². The monoisotopic (exact) mass is 320 g/mol. The molecular weight excluding hydrogens is 303 g/mol. The van der Waals surface area contributed by atoms with E-state index < -0.39 is 0 Å². The van der Waals surface area contributed by atoms with Gasteiger partial charge in [-0.15, -0.1) is 0 Å². The van der Waals surface area contributed by atoms with E-state index in [0.29, 0.717) is 4.83 Å². The van der Waals surface area contributed by atoms with E-state index >= 15 is 0 Å². The molecule has 2 aromatic carbocycles. The first-order chi connectivity index (χ1) is 9.22. The van der Waals surface area contributed by atoms with Crippen LogP contribution in [0.4, 0.5) is 4.39 Å². The summed E-state index contributed by atoms with van der Waals surface area (Å²) < 4.78 is 13.1. The molecule has 2 unspecified atom stereocenters. The molecule has 0 heterocycles. The van der Waals surface area contributed by atoms with E-state index in [4.69, 9.17) is 0 Å². The zero-order chi connectivity index (χ0) is 13.7. The van der Waals surface area contributed by atoms with Gasteiger partial charge in [0, 0.05) is 10.7 Å². The van der Waals surface area contributed by atoms with Gasteiger partial charge >= 0.3 is 0 Å². The van der Waals surface area contributed by atoms with Gasteiger partial charge in [0.25, 0.3) is 0 Å². The molecule has 2 aromatic rings. The molecule has 0 aliphatic rings. The lowest BCUT2D eigenvalue weighted by Gasteiger charge is -2.23. The highest BCUT2D eigenvalue weighted by molar-refractivity contribution is 9.09. The number of hydrogen-bond donors (Lipinski definition) is 0. The summed E-state index contributed by atoms with van der Waals surface area (Å²) in [6.45, 7) is 2.18. The largest absolute Gasteiger partial charge is 0.207 e. The van der Waals surface area contributed by atoms with Crippen LogP contribution in [0.1, 0.15) is 36.8 Å². The summed E-state index contributed by atoms with van der Waals surface area (Å²) in [6, 6.07) is 17.3. The number of benzene rings is 2. The van der Waals surface area contributed by atoms with Gasteiger partial charge in [0.2, 0.25) is 0 Å². The van der Waals surface area contributed by atoms with Crippen molar-refractivity contribution >= 4 is 15.9 Å². The van der Waals surface area contributed by atoms with Gasteiger partial charge in [-0.3, -0.25) is 0 Å². The summed E-state index contributed by atoms with van der Waals surface area (Å²) >= 11 is 3.80. The summed E-state index contributed by atoms with van der Waals surface area (Å²) in [5, 5.41) is 0. The first-order valence-corrected chi connectivity index (χ1v) is 7.58. The molecule has 0 aromatic heterocycles. The molecule has 0 bridgehead atoms. The van der Waals surface area contributed by atoms with E-state index in [0.717, 1.165) is 18.4 Å². The Labute approximate surface area is 122 Å². The highest BCUT2D eigenvalue weighted by atomic mass is 79.9. The Hall–Kier alpha value is -1.15. The van der Waals surface area contributed by atoms with Gasteiger partial charge < -0.3 is 0 Å². The van der Waals surface area contributed by atoms with E-state index in [1.165, 1.54) is 17.7 Å². The molecule has 0 amide bonds. The fourth-order valence-electron chi connectivity index (χ4n) is 2.38. The molecule has 2 heteroatoms. The van der Waals surface area contributed by atoms with Crippen LogP contribution in [0.25, 0.3) is 0 Å². The summed E-state index contributed by atoms with van der Waals surface area (Å²) in [5.41, 5.74) is 2.42. The van der Waals surface area contributed by atoms with E-state index in [1.807, 2.05) is 18.2 Å². The second kappa shape index (κ2) is 6.85. The fourth-order valence-corrected chi connectivity index (χ4v) is 3.45. The van der Waals surface area contributed by atoms with Crippen LogP contribution in [0.2, 0.25) is 0 Å². The number of alkyl halides is 1. The van der Waals surface area contributed by atoms with Crippen molar-refractivity contribution in [2.45, 2.75) is 30.5 Å². The summed E-state index contributed by atoms with van der Waals surface area (Å²) in [5.74, 6) is 0.0823. The van der Waals surface area contributed by atoms with Gasteiger partial charge in [-0.25, -0.2) is 4.39 Å². The standard InChI is InChI=1S/C17H18BrF/c1-2-6-16(18)17(13-7-4-3-5-8-13)14-9-11-15(19)12-10-14/h3-5,7-12,16-17H,2,6H2,1H3. The van der Waals surface area contributed by atoms with E-state index in [1.54, 1.807) is 0 Å². The normalized spacial score (nSPS) is 14.1. The Bertz CT molecular complexity index is 492. The zero-order valence-electron chi connectivity index (χ0n) is 11.0. The molecule has 0 saturated heterocycles. The lowest BCUT2D eigenvalue weighted by atomic mass is 9.87. The minimum absolute atomic E-state index is 0.183. The van der Waals surface area contributed by atoms with Crippen LogP contribution in [-0.2, 0) is 0 Å². The topological polar surface area (TPSA) is 0 Å². The number of halogens is 2. The van der Waals surface area contributed by atoms with Crippen molar-refractivity contribution in [3.63, 3.8) is 0 Å². The Morgan fingerprint density at radius 3 is 2.11 bits per heavy atom. The molecule has 19 heavy (non-hydrogen) atoms. The lowest BCUT2D eigenvalue weighted by molar-refractivity contribution is 0.624. The van der Waals surface area contributed by atoms with E-state index in [9.17, 15) is 4.39 Å². The molecule has 0 N–H and O–H groups in total. The maximum Gasteiger partial charge on any atom is 0.123 e. The zero-order valence-corrected chi connectivity index (χ0v) is 12.6. The van der Waals surface area contributed by atoms with Gasteiger partial charge in [-0.2, -0.15) is 0 Å². The molecule has 2 atom stereocenters. The van der Waals surface area contributed by atoms with Gasteiger partial charge in [-0.05, 0) is 29.7 Å². The summed E-state index contributed by atoms with van der Waals surface area (Å²) in [4.78, 5) is 0.366. The van der Waals surface area contributed by atoms with Gasteiger partial charge in [0.15, 0.2) is 0 Å². The molecule has 2 rings (SSSR count). The predicted octanol–water partition coefficient (Wildman–Crippen LogP) is 5.52. The lowest BCUT2D eigenvalue weighted by Crippen LogP contribution is -2.14. The van der Waals surface area contributed by atoms with E-state index in [-0.39, 0.29) is 11.7 Å². The molecule has 0 radical (unpaired) electrons. The average Bonchev–Trinajstić information content (AvgIpc) is 2.43. The smallest absolute Gasteiger partial charge is 0.123 e. The van der Waals surface area contributed by atoms with Crippen LogP contribution >= 0.6 is 15.9 Å². The number of rotatable bonds is 5. The van der Waals surface area contributed by atoms with Crippen LogP contribution in [0.3, 0.4) is 0 Å². The van der Waals surface area contributed by atoms with Crippen LogP contribution < -0.4 is 0 Å². The second-order valence-electron chi connectivity index (χ2n) is 4.74. The van der Waals surface area contributed by atoms with Crippen molar-refractivity contribution in [1.82, 2.24) is 0 Å². The minimum Gasteiger partial charge on any atom is -0.207 e. The minimum atomic E-state index is -0.183. The summed E-state index contributed by atoms with van der Waals surface area (Å²) in [6.07, 6.45) is 2.22. The highest BCUT2D eigenvalue weighted by Gasteiger charge is 2.21. The molecule has 0 nitrogen and oxygen atoms in total. The summed E-state index contributed by atoms with van der Waals surface area (Å²) in [7, 11) is 0. The van der Waals surface area contributed by atoms with Gasteiger partial charge in [0.05, 0.1) is 0 Å². The maximum absolute atomic E-state index is 13.1. The van der Waals surface area contributed by atoms with Crippen LogP contribution in [0, 0.1) is 5.82 Å². The molecule has 0 spiro atoms. The Balaban J connectivity index is 2.37. The van der Waals surface area contributed by atoms with Crippen LogP contribution in [-0.4, -0.2) is 4.83 Å². The average molecular weight is 321 g/mol. The molecule has 0 fully saturated rings. The molecule has 0 aliphatic carbocycles. The third-order valence-electron chi connectivity index (χ3n) is 3.31. The van der Waals surface area contributed by atoms with Crippen molar-refractivity contribution in [3.05, 3.63) is 71.5 Å². The highest BCUT2D eigenvalue weighted by Crippen LogP contribution is 2.34. The van der Waals surface area contributed by atoms with Crippen LogP contribution in [0.15, 0.2) is 54.6 Å². The first kappa shape index (κ1) is 14.3. The van der Waals surface area contributed by atoms with Gasteiger partial charge in [-0.1, -0.05) is 71.7 Å². The molecular formula is C17H18BrF. The number of hydrogen-bond acceptors (Lipinski definition) is 0. The molecule has 0 saturated carbocycles. The van der Waals surface area contributed by atoms with Crippen molar-refractivity contribution in [1.29, 1.82) is 0 Å². The third kappa shape index (κ3) is 3.66. The molecule has 0 aliphatic heterocycles. The second-order valence-corrected chi connectivity index (χ2v) is 5.92. The molecule has 100 valence electrons. The predicted molar refractivity (Wildman–Crippen MR) is 82.3 cm³/mol. The first-order valence-electron chi connectivity index (χ1n) is 6.67. The van der Waals surface area contributed by atoms with E-state index in [2.05, 4.69) is 47.1 Å². The Kier molecular flexibility index (Phi) is 5.15. The fraction of sp³-hybridized carbons (Fsp3) is 0.294. The van der Waals surface area contributed by atoms with Crippen molar-refractivity contribution < 1.29 is 4.39 Å². The SMILES string of the molecule is CCCC(Br)C(c1ccccc1)c1ccc(F)cc1.